The topological polar surface area (TPSA) is 32.7 Å². The molecule has 2 saturated heterocycles. The van der Waals surface area contributed by atoms with Crippen LogP contribution in [0.25, 0.3) is 0 Å². The maximum Gasteiger partial charge on any atom is 0.368 e. The molecule has 0 spiro atoms. The van der Waals surface area contributed by atoms with Crippen molar-refractivity contribution in [3.8, 4) is 0 Å². The zero-order valence-electron chi connectivity index (χ0n) is 7.25. The number of aliphatic hydroxyl groups excluding tert-OH is 1. The quantitative estimate of drug-likeness (QED) is 0.655. The highest BCUT2D eigenvalue weighted by atomic mass is 19.3. The lowest BCUT2D eigenvalue weighted by Gasteiger charge is -2.37. The molecular formula is C8H13F2NO2. The van der Waals surface area contributed by atoms with Gasteiger partial charge in [0.2, 0.25) is 0 Å². The van der Waals surface area contributed by atoms with E-state index in [2.05, 4.69) is 4.74 Å². The molecule has 13 heavy (non-hydrogen) atoms. The van der Waals surface area contributed by atoms with Gasteiger partial charge in [0.15, 0.2) is 0 Å². The SMILES string of the molecule is OC[C@@H]1CC[C@H]2COC(F)(F)CN12. The van der Waals surface area contributed by atoms with E-state index in [1.54, 1.807) is 4.90 Å². The summed E-state index contributed by atoms with van der Waals surface area (Å²) in [6, 6.07) is -0.0171. The van der Waals surface area contributed by atoms with Gasteiger partial charge in [0, 0.05) is 12.1 Å². The molecule has 2 fully saturated rings. The number of nitrogens with zero attached hydrogens (tertiary/aromatic N) is 1. The molecule has 1 N–H and O–H groups in total. The summed E-state index contributed by atoms with van der Waals surface area (Å²) >= 11 is 0. The Kier molecular flexibility index (Phi) is 2.25. The van der Waals surface area contributed by atoms with Crippen molar-refractivity contribution in [3.63, 3.8) is 0 Å². The Labute approximate surface area is 75.3 Å². The summed E-state index contributed by atoms with van der Waals surface area (Å²) in [7, 11) is 0. The second-order valence-corrected chi connectivity index (χ2v) is 3.69. The molecular weight excluding hydrogens is 180 g/mol. The summed E-state index contributed by atoms with van der Waals surface area (Å²) in [6.45, 7) is -0.320. The highest BCUT2D eigenvalue weighted by Crippen LogP contribution is 2.33. The third kappa shape index (κ3) is 1.68. The number of aliphatic hydroxyl groups is 1. The number of hydrogen-bond acceptors (Lipinski definition) is 3. The van der Waals surface area contributed by atoms with Gasteiger partial charge < -0.3 is 9.84 Å². The van der Waals surface area contributed by atoms with Crippen LogP contribution in [0.3, 0.4) is 0 Å². The molecule has 3 nitrogen and oxygen atoms in total. The van der Waals surface area contributed by atoms with Crippen LogP contribution in [-0.4, -0.2) is 48.0 Å². The van der Waals surface area contributed by atoms with E-state index in [1.165, 1.54) is 0 Å². The number of ether oxygens (including phenoxy) is 1. The van der Waals surface area contributed by atoms with Gasteiger partial charge in [-0.1, -0.05) is 0 Å². The average Bonchev–Trinajstić information content (AvgIpc) is 2.44. The van der Waals surface area contributed by atoms with Crippen LogP contribution in [0.15, 0.2) is 0 Å². The van der Waals surface area contributed by atoms with Crippen LogP contribution in [0.4, 0.5) is 8.78 Å². The van der Waals surface area contributed by atoms with Crippen molar-refractivity contribution in [2.45, 2.75) is 31.0 Å². The first kappa shape index (κ1) is 9.30. The Morgan fingerprint density at radius 3 is 2.92 bits per heavy atom. The number of hydrogen-bond donors (Lipinski definition) is 1. The number of rotatable bonds is 1. The van der Waals surface area contributed by atoms with Crippen LogP contribution >= 0.6 is 0 Å². The molecule has 2 rings (SSSR count). The predicted octanol–water partition coefficient (Wildman–Crippen LogP) is 0.435. The Morgan fingerprint density at radius 1 is 1.46 bits per heavy atom. The van der Waals surface area contributed by atoms with Crippen molar-refractivity contribution in [3.05, 3.63) is 0 Å². The van der Waals surface area contributed by atoms with Crippen molar-refractivity contribution in [1.29, 1.82) is 0 Å². The summed E-state index contributed by atoms with van der Waals surface area (Å²) < 4.78 is 30.0. The van der Waals surface area contributed by atoms with Gasteiger partial charge in [0.1, 0.15) is 0 Å². The van der Waals surface area contributed by atoms with Gasteiger partial charge in [-0.15, -0.1) is 0 Å². The standard InChI is InChI=1S/C8H13F2NO2/c9-8(10)5-11-6(3-12)1-2-7(11)4-13-8/h6-7,12H,1-5H2/t6-,7-/m0/s1. The van der Waals surface area contributed by atoms with Crippen molar-refractivity contribution >= 4 is 0 Å². The molecule has 2 aliphatic heterocycles. The molecule has 0 aliphatic carbocycles. The van der Waals surface area contributed by atoms with E-state index in [0.717, 1.165) is 12.8 Å². The lowest BCUT2D eigenvalue weighted by Crippen LogP contribution is -2.53. The minimum atomic E-state index is -3.03. The number of fused-ring (bicyclic) bond motifs is 1. The van der Waals surface area contributed by atoms with Crippen LogP contribution in [0.2, 0.25) is 0 Å². The van der Waals surface area contributed by atoms with Crippen LogP contribution in [0, 0.1) is 0 Å². The van der Waals surface area contributed by atoms with Gasteiger partial charge in [-0.3, -0.25) is 4.90 Å². The van der Waals surface area contributed by atoms with E-state index < -0.39 is 6.11 Å². The van der Waals surface area contributed by atoms with Gasteiger partial charge in [0.25, 0.3) is 0 Å². The molecule has 0 saturated carbocycles. The van der Waals surface area contributed by atoms with E-state index in [-0.39, 0.29) is 31.8 Å². The molecule has 76 valence electrons. The fraction of sp³-hybridized carbons (Fsp3) is 1.00. The number of alkyl halides is 2. The highest BCUT2D eigenvalue weighted by molar-refractivity contribution is 4.91. The van der Waals surface area contributed by atoms with E-state index in [9.17, 15) is 8.78 Å². The van der Waals surface area contributed by atoms with Crippen molar-refractivity contribution in [2.75, 3.05) is 19.8 Å². The number of halogens is 2. The second kappa shape index (κ2) is 3.15. The first-order chi connectivity index (χ1) is 6.12. The predicted molar refractivity (Wildman–Crippen MR) is 41.5 cm³/mol. The largest absolute Gasteiger partial charge is 0.395 e. The van der Waals surface area contributed by atoms with E-state index in [1.807, 2.05) is 0 Å². The monoisotopic (exact) mass is 193 g/mol. The lowest BCUT2D eigenvalue weighted by molar-refractivity contribution is -0.281. The van der Waals surface area contributed by atoms with Crippen LogP contribution in [0.5, 0.6) is 0 Å². The first-order valence-corrected chi connectivity index (χ1v) is 4.51. The molecule has 0 aromatic heterocycles. The molecule has 2 aliphatic rings. The van der Waals surface area contributed by atoms with Gasteiger partial charge in [-0.2, -0.15) is 8.78 Å². The van der Waals surface area contributed by atoms with Gasteiger partial charge in [0.05, 0.1) is 19.8 Å². The maximum absolute atomic E-state index is 12.8. The summed E-state index contributed by atoms with van der Waals surface area (Å²) in [5.74, 6) is 0. The Balaban J connectivity index is 2.05. The smallest absolute Gasteiger partial charge is 0.368 e. The molecule has 0 aromatic rings. The Hall–Kier alpha value is -0.260. The summed E-state index contributed by atoms with van der Waals surface area (Å²) in [5, 5.41) is 8.95. The van der Waals surface area contributed by atoms with Gasteiger partial charge in [-0.25, -0.2) is 0 Å². The minimum Gasteiger partial charge on any atom is -0.395 e. The zero-order valence-corrected chi connectivity index (χ0v) is 7.25. The van der Waals surface area contributed by atoms with Crippen molar-refractivity contribution in [2.24, 2.45) is 0 Å². The molecule has 0 radical (unpaired) electrons. The van der Waals surface area contributed by atoms with Gasteiger partial charge >= 0.3 is 6.11 Å². The summed E-state index contributed by atoms with van der Waals surface area (Å²) in [4.78, 5) is 1.67. The summed E-state index contributed by atoms with van der Waals surface area (Å²) in [5.41, 5.74) is 0. The van der Waals surface area contributed by atoms with E-state index in [0.29, 0.717) is 0 Å². The van der Waals surface area contributed by atoms with Gasteiger partial charge in [-0.05, 0) is 12.8 Å². The molecule has 2 heterocycles. The van der Waals surface area contributed by atoms with Crippen LogP contribution in [-0.2, 0) is 4.74 Å². The molecule has 5 heteroatoms. The fourth-order valence-corrected chi connectivity index (χ4v) is 2.12. The minimum absolute atomic E-state index is 0.0351. The first-order valence-electron chi connectivity index (χ1n) is 4.51. The molecule has 0 aromatic carbocycles. The maximum atomic E-state index is 12.8. The Morgan fingerprint density at radius 2 is 2.23 bits per heavy atom. The number of morpholine rings is 1. The average molecular weight is 193 g/mol. The third-order valence-corrected chi connectivity index (χ3v) is 2.84. The molecule has 0 amide bonds. The molecule has 0 unspecified atom stereocenters. The highest BCUT2D eigenvalue weighted by Gasteiger charge is 2.46. The van der Waals surface area contributed by atoms with Crippen molar-refractivity contribution < 1.29 is 18.6 Å². The van der Waals surface area contributed by atoms with Crippen LogP contribution in [0.1, 0.15) is 12.8 Å². The molecule has 0 bridgehead atoms. The molecule has 2 atom stereocenters. The second-order valence-electron chi connectivity index (χ2n) is 3.69. The lowest BCUT2D eigenvalue weighted by atomic mass is 10.2. The Bertz CT molecular complexity index is 195. The fourth-order valence-electron chi connectivity index (χ4n) is 2.12. The normalized spacial score (nSPS) is 39.0. The van der Waals surface area contributed by atoms with Crippen molar-refractivity contribution in [1.82, 2.24) is 4.90 Å². The summed E-state index contributed by atoms with van der Waals surface area (Å²) in [6.07, 6.45) is -1.39. The van der Waals surface area contributed by atoms with Crippen LogP contribution < -0.4 is 0 Å². The van der Waals surface area contributed by atoms with E-state index in [4.69, 9.17) is 5.11 Å². The third-order valence-electron chi connectivity index (χ3n) is 2.84. The zero-order chi connectivity index (χ0) is 9.47. The van der Waals surface area contributed by atoms with E-state index >= 15 is 0 Å².